The van der Waals surface area contributed by atoms with Gasteiger partial charge in [-0.3, -0.25) is 0 Å². The van der Waals surface area contributed by atoms with E-state index in [1.807, 2.05) is 0 Å². The maximum Gasteiger partial charge on any atom is 0.338 e. The summed E-state index contributed by atoms with van der Waals surface area (Å²) in [4.78, 5) is 11.6. The Morgan fingerprint density at radius 3 is 2.85 bits per heavy atom. The summed E-state index contributed by atoms with van der Waals surface area (Å²) in [6.07, 6.45) is 1.52. The van der Waals surface area contributed by atoms with Crippen molar-refractivity contribution in [3.63, 3.8) is 0 Å². The Morgan fingerprint density at radius 1 is 1.50 bits per heavy atom. The van der Waals surface area contributed by atoms with Crippen LogP contribution in [0.1, 0.15) is 10.4 Å². The van der Waals surface area contributed by atoms with Crippen LogP contribution in [-0.4, -0.2) is 35.4 Å². The number of esters is 1. The SMILES string of the molecule is C=CCOC(=O)c1ccc(OCC2CSC(=S)O2)cc1. The molecule has 1 aromatic carbocycles. The Balaban J connectivity index is 1.83. The molecule has 4 nitrogen and oxygen atoms in total. The van der Waals surface area contributed by atoms with Gasteiger partial charge in [0.25, 0.3) is 0 Å². The van der Waals surface area contributed by atoms with E-state index in [1.54, 1.807) is 24.3 Å². The second kappa shape index (κ2) is 7.31. The van der Waals surface area contributed by atoms with Gasteiger partial charge in [0.15, 0.2) is 0 Å². The van der Waals surface area contributed by atoms with Crippen LogP contribution in [0.3, 0.4) is 0 Å². The highest BCUT2D eigenvalue weighted by Crippen LogP contribution is 2.21. The van der Waals surface area contributed by atoms with Gasteiger partial charge < -0.3 is 14.2 Å². The molecule has 6 heteroatoms. The summed E-state index contributed by atoms with van der Waals surface area (Å²) in [7, 11) is 0. The molecule has 1 saturated heterocycles. The Hall–Kier alpha value is -1.53. The van der Waals surface area contributed by atoms with Crippen LogP contribution in [0.5, 0.6) is 5.75 Å². The lowest BCUT2D eigenvalue weighted by Gasteiger charge is -2.11. The van der Waals surface area contributed by atoms with Gasteiger partial charge in [0.1, 0.15) is 25.1 Å². The van der Waals surface area contributed by atoms with E-state index in [0.717, 1.165) is 5.75 Å². The van der Waals surface area contributed by atoms with Crippen LogP contribution in [0, 0.1) is 0 Å². The number of thiocarbonyl (C=S) groups is 1. The summed E-state index contributed by atoms with van der Waals surface area (Å²) < 4.78 is 16.5. The Bertz CT molecular complexity index is 498. The van der Waals surface area contributed by atoms with Crippen LogP contribution < -0.4 is 4.74 Å². The number of rotatable bonds is 6. The minimum atomic E-state index is -0.377. The third kappa shape index (κ3) is 4.25. The average molecular weight is 310 g/mol. The molecule has 0 aromatic heterocycles. The van der Waals surface area contributed by atoms with E-state index in [-0.39, 0.29) is 18.7 Å². The van der Waals surface area contributed by atoms with Crippen molar-refractivity contribution in [2.75, 3.05) is 19.0 Å². The summed E-state index contributed by atoms with van der Waals surface area (Å²) in [6.45, 7) is 4.13. The van der Waals surface area contributed by atoms with Gasteiger partial charge >= 0.3 is 5.97 Å². The minimum Gasteiger partial charge on any atom is -0.490 e. The normalized spacial score (nSPS) is 17.4. The van der Waals surface area contributed by atoms with Crippen molar-refractivity contribution in [2.45, 2.75) is 6.10 Å². The van der Waals surface area contributed by atoms with Crippen LogP contribution in [0.15, 0.2) is 36.9 Å². The van der Waals surface area contributed by atoms with Crippen molar-refractivity contribution < 1.29 is 19.0 Å². The van der Waals surface area contributed by atoms with Gasteiger partial charge in [0.2, 0.25) is 4.38 Å². The molecule has 106 valence electrons. The molecule has 0 spiro atoms. The number of hydrogen-bond acceptors (Lipinski definition) is 6. The van der Waals surface area contributed by atoms with Crippen molar-refractivity contribution in [2.24, 2.45) is 0 Å². The molecule has 1 unspecified atom stereocenters. The van der Waals surface area contributed by atoms with Crippen LogP contribution in [0.25, 0.3) is 0 Å². The molecular weight excluding hydrogens is 296 g/mol. The number of hydrogen-bond donors (Lipinski definition) is 0. The van der Waals surface area contributed by atoms with Gasteiger partial charge in [-0.1, -0.05) is 24.4 Å². The fourth-order valence-electron chi connectivity index (χ4n) is 1.54. The molecule has 2 rings (SSSR count). The molecule has 0 amide bonds. The van der Waals surface area contributed by atoms with Gasteiger partial charge in [-0.15, -0.1) is 0 Å². The van der Waals surface area contributed by atoms with E-state index in [2.05, 4.69) is 6.58 Å². The summed E-state index contributed by atoms with van der Waals surface area (Å²) in [6, 6.07) is 6.78. The lowest BCUT2D eigenvalue weighted by molar-refractivity contribution is 0.0549. The first-order valence-electron chi connectivity index (χ1n) is 6.03. The summed E-state index contributed by atoms with van der Waals surface area (Å²) in [5.41, 5.74) is 0.480. The van der Waals surface area contributed by atoms with E-state index in [0.29, 0.717) is 22.3 Å². The molecule has 0 radical (unpaired) electrons. The molecule has 1 aromatic rings. The molecule has 1 atom stereocenters. The largest absolute Gasteiger partial charge is 0.490 e. The number of carbonyl (C=O) groups is 1. The van der Waals surface area contributed by atoms with Crippen molar-refractivity contribution in [3.8, 4) is 5.75 Å². The molecular formula is C14H14O4S2. The minimum absolute atomic E-state index is 0.00951. The number of carbonyl (C=O) groups excluding carboxylic acids is 1. The molecule has 20 heavy (non-hydrogen) atoms. The third-order valence-electron chi connectivity index (χ3n) is 2.51. The fraction of sp³-hybridized carbons (Fsp3) is 0.286. The second-order valence-corrected chi connectivity index (χ2v) is 5.65. The van der Waals surface area contributed by atoms with Gasteiger partial charge in [0, 0.05) is 5.75 Å². The van der Waals surface area contributed by atoms with E-state index >= 15 is 0 Å². The quantitative estimate of drug-likeness (QED) is 0.457. The average Bonchev–Trinajstić information content (AvgIpc) is 2.89. The van der Waals surface area contributed by atoms with Crippen LogP contribution in [0.4, 0.5) is 0 Å². The zero-order valence-electron chi connectivity index (χ0n) is 10.7. The van der Waals surface area contributed by atoms with Gasteiger partial charge in [-0.2, -0.15) is 0 Å². The van der Waals surface area contributed by atoms with Crippen molar-refractivity contribution in [3.05, 3.63) is 42.5 Å². The molecule has 0 aliphatic carbocycles. The number of ether oxygens (including phenoxy) is 3. The standard InChI is InChI=1S/C14H14O4S2/c1-2-7-16-13(15)10-3-5-11(6-4-10)17-8-12-9-20-14(19)18-12/h2-6,12H,1,7-9H2. The summed E-state index contributed by atoms with van der Waals surface area (Å²) in [5, 5.41) is 0. The number of benzene rings is 1. The number of thioether (sulfide) groups is 1. The van der Waals surface area contributed by atoms with Crippen LogP contribution in [0.2, 0.25) is 0 Å². The zero-order chi connectivity index (χ0) is 14.4. The molecule has 0 N–H and O–H groups in total. The molecule has 1 heterocycles. The van der Waals surface area contributed by atoms with Crippen molar-refractivity contribution in [1.82, 2.24) is 0 Å². The summed E-state index contributed by atoms with van der Waals surface area (Å²) in [5.74, 6) is 1.11. The maximum absolute atomic E-state index is 11.6. The predicted octanol–water partition coefficient (Wildman–Crippen LogP) is 2.83. The Morgan fingerprint density at radius 2 is 2.25 bits per heavy atom. The molecule has 1 aliphatic rings. The smallest absolute Gasteiger partial charge is 0.338 e. The van der Waals surface area contributed by atoms with E-state index in [4.69, 9.17) is 26.4 Å². The predicted molar refractivity (Wildman–Crippen MR) is 82.3 cm³/mol. The first kappa shape index (κ1) is 14.9. The third-order valence-corrected chi connectivity index (χ3v) is 3.83. The molecule has 0 saturated carbocycles. The van der Waals surface area contributed by atoms with Crippen LogP contribution in [-0.2, 0) is 9.47 Å². The van der Waals surface area contributed by atoms with Gasteiger partial charge in [0.05, 0.1) is 5.56 Å². The maximum atomic E-state index is 11.6. The highest BCUT2D eigenvalue weighted by atomic mass is 32.2. The lowest BCUT2D eigenvalue weighted by Crippen LogP contribution is -2.19. The second-order valence-electron chi connectivity index (χ2n) is 4.02. The topological polar surface area (TPSA) is 44.8 Å². The fourth-order valence-corrected chi connectivity index (χ4v) is 2.57. The van der Waals surface area contributed by atoms with Crippen LogP contribution >= 0.6 is 24.0 Å². The highest BCUT2D eigenvalue weighted by Gasteiger charge is 2.21. The Labute approximate surface area is 127 Å². The molecule has 1 fully saturated rings. The Kier molecular flexibility index (Phi) is 5.43. The molecule has 1 aliphatic heterocycles. The van der Waals surface area contributed by atoms with Crippen molar-refractivity contribution >= 4 is 34.3 Å². The van der Waals surface area contributed by atoms with E-state index in [9.17, 15) is 4.79 Å². The molecule has 0 bridgehead atoms. The highest BCUT2D eigenvalue weighted by molar-refractivity contribution is 8.22. The first-order chi connectivity index (χ1) is 9.69. The summed E-state index contributed by atoms with van der Waals surface area (Å²) >= 11 is 6.45. The van der Waals surface area contributed by atoms with E-state index in [1.165, 1.54) is 17.8 Å². The van der Waals surface area contributed by atoms with Gasteiger partial charge in [-0.25, -0.2) is 4.79 Å². The van der Waals surface area contributed by atoms with E-state index < -0.39 is 0 Å². The zero-order valence-corrected chi connectivity index (χ0v) is 12.4. The monoisotopic (exact) mass is 310 g/mol. The first-order valence-corrected chi connectivity index (χ1v) is 7.42. The van der Waals surface area contributed by atoms with Crippen molar-refractivity contribution in [1.29, 1.82) is 0 Å². The lowest BCUT2D eigenvalue weighted by atomic mass is 10.2. The van der Waals surface area contributed by atoms with Gasteiger partial charge in [-0.05, 0) is 36.5 Å².